The molecule has 0 aliphatic carbocycles. The molecule has 6 heteroatoms. The third-order valence-corrected chi connectivity index (χ3v) is 3.18. The summed E-state index contributed by atoms with van der Waals surface area (Å²) in [5, 5.41) is 24.6. The van der Waals surface area contributed by atoms with Crippen molar-refractivity contribution in [2.24, 2.45) is 0 Å². The van der Waals surface area contributed by atoms with Gasteiger partial charge in [0.1, 0.15) is 12.1 Å². The van der Waals surface area contributed by atoms with Crippen LogP contribution in [0.4, 0.5) is 23.0 Å². The quantitative estimate of drug-likeness (QED) is 0.762. The Kier molecular flexibility index (Phi) is 4.32. The molecule has 0 unspecified atom stereocenters. The van der Waals surface area contributed by atoms with E-state index in [1.165, 1.54) is 0 Å². The summed E-state index contributed by atoms with van der Waals surface area (Å²) in [6, 6.07) is 22.6. The van der Waals surface area contributed by atoms with Crippen LogP contribution in [-0.4, -0.2) is 9.97 Å². The van der Waals surface area contributed by atoms with Crippen LogP contribution in [0.2, 0.25) is 0 Å². The molecule has 2 aromatic carbocycles. The van der Waals surface area contributed by atoms with Gasteiger partial charge in [-0.25, -0.2) is 9.97 Å². The maximum atomic E-state index is 9.17. The number of hydrogen-bond acceptors (Lipinski definition) is 6. The number of rotatable bonds is 4. The first-order valence-corrected chi connectivity index (χ1v) is 7.16. The predicted octanol–water partition coefficient (Wildman–Crippen LogP) is 3.71. The molecule has 3 aromatic rings. The molecule has 0 fully saturated rings. The van der Waals surface area contributed by atoms with Gasteiger partial charge in [0, 0.05) is 11.4 Å². The van der Waals surface area contributed by atoms with Crippen LogP contribution in [0.5, 0.6) is 0 Å². The molecule has 0 spiro atoms. The molecule has 0 atom stereocenters. The van der Waals surface area contributed by atoms with Gasteiger partial charge in [0.2, 0.25) is 0 Å². The van der Waals surface area contributed by atoms with E-state index >= 15 is 0 Å². The van der Waals surface area contributed by atoms with Crippen molar-refractivity contribution in [2.75, 3.05) is 10.6 Å². The SMILES string of the molecule is N#Cc1nc(Nc2ccccc2)c(Nc2ccccc2)nc1C#N. The lowest BCUT2D eigenvalue weighted by molar-refractivity contribution is 1.13. The topological polar surface area (TPSA) is 97.4 Å². The molecule has 3 rings (SSSR count). The Morgan fingerprint density at radius 1 is 0.625 bits per heavy atom. The summed E-state index contributed by atoms with van der Waals surface area (Å²) in [6.45, 7) is 0. The maximum absolute atomic E-state index is 9.17. The zero-order chi connectivity index (χ0) is 16.8. The predicted molar refractivity (Wildman–Crippen MR) is 90.9 cm³/mol. The summed E-state index contributed by atoms with van der Waals surface area (Å²) in [5.74, 6) is 0.751. The number of benzene rings is 2. The van der Waals surface area contributed by atoms with E-state index in [1.54, 1.807) is 0 Å². The molecule has 0 bridgehead atoms. The fourth-order valence-electron chi connectivity index (χ4n) is 2.08. The van der Waals surface area contributed by atoms with Crippen molar-refractivity contribution in [3.8, 4) is 12.1 Å². The number of nitrogens with zero attached hydrogens (tertiary/aromatic N) is 4. The van der Waals surface area contributed by atoms with Gasteiger partial charge in [-0.1, -0.05) is 36.4 Å². The van der Waals surface area contributed by atoms with Crippen molar-refractivity contribution < 1.29 is 0 Å². The van der Waals surface area contributed by atoms with Crippen LogP contribution in [0.25, 0.3) is 0 Å². The Labute approximate surface area is 139 Å². The zero-order valence-corrected chi connectivity index (χ0v) is 12.6. The van der Waals surface area contributed by atoms with Crippen LogP contribution in [0.15, 0.2) is 60.7 Å². The van der Waals surface area contributed by atoms with E-state index in [1.807, 2.05) is 72.8 Å². The highest BCUT2D eigenvalue weighted by molar-refractivity contribution is 5.73. The van der Waals surface area contributed by atoms with Crippen LogP contribution >= 0.6 is 0 Å². The number of nitrogens with one attached hydrogen (secondary N) is 2. The highest BCUT2D eigenvalue weighted by atomic mass is 15.1. The number of para-hydroxylation sites is 2. The molecular formula is C18H12N6. The summed E-state index contributed by atoms with van der Waals surface area (Å²) in [6.07, 6.45) is 0. The van der Waals surface area contributed by atoms with E-state index < -0.39 is 0 Å². The number of nitriles is 2. The normalized spacial score (nSPS) is 9.58. The molecule has 1 aromatic heterocycles. The fraction of sp³-hybridized carbons (Fsp3) is 0. The van der Waals surface area contributed by atoms with Gasteiger partial charge >= 0.3 is 0 Å². The van der Waals surface area contributed by atoms with Crippen LogP contribution in [0, 0.1) is 22.7 Å². The number of anilines is 4. The van der Waals surface area contributed by atoms with Gasteiger partial charge < -0.3 is 10.6 Å². The molecule has 0 aliphatic heterocycles. The minimum absolute atomic E-state index is 0.0189. The van der Waals surface area contributed by atoms with Gasteiger partial charge in [0.05, 0.1) is 0 Å². The zero-order valence-electron chi connectivity index (χ0n) is 12.6. The molecule has 0 saturated carbocycles. The summed E-state index contributed by atoms with van der Waals surface area (Å²) in [4.78, 5) is 8.47. The fourth-order valence-corrected chi connectivity index (χ4v) is 2.08. The van der Waals surface area contributed by atoms with Crippen molar-refractivity contribution in [3.05, 3.63) is 72.1 Å². The third kappa shape index (κ3) is 3.29. The summed E-state index contributed by atoms with van der Waals surface area (Å²) >= 11 is 0. The summed E-state index contributed by atoms with van der Waals surface area (Å²) in [7, 11) is 0. The van der Waals surface area contributed by atoms with Gasteiger partial charge in [-0.2, -0.15) is 10.5 Å². The van der Waals surface area contributed by atoms with Crippen molar-refractivity contribution in [2.45, 2.75) is 0 Å². The Morgan fingerprint density at radius 3 is 1.33 bits per heavy atom. The molecule has 0 radical (unpaired) electrons. The second kappa shape index (κ2) is 6.91. The molecule has 2 N–H and O–H groups in total. The second-order valence-corrected chi connectivity index (χ2v) is 4.82. The van der Waals surface area contributed by atoms with Crippen LogP contribution in [0.1, 0.15) is 11.4 Å². The van der Waals surface area contributed by atoms with E-state index in [9.17, 15) is 0 Å². The van der Waals surface area contributed by atoms with Crippen LogP contribution in [0.3, 0.4) is 0 Å². The first-order chi connectivity index (χ1) is 11.8. The Morgan fingerprint density at radius 2 is 1.00 bits per heavy atom. The van der Waals surface area contributed by atoms with Crippen LogP contribution in [-0.2, 0) is 0 Å². The molecule has 0 saturated heterocycles. The minimum atomic E-state index is -0.0189. The van der Waals surface area contributed by atoms with Gasteiger partial charge in [0.15, 0.2) is 23.0 Å². The van der Waals surface area contributed by atoms with Gasteiger partial charge in [-0.05, 0) is 24.3 Å². The maximum Gasteiger partial charge on any atom is 0.179 e. The molecule has 0 aliphatic rings. The Bertz CT molecular complexity index is 845. The average molecular weight is 312 g/mol. The molecule has 6 nitrogen and oxygen atoms in total. The van der Waals surface area contributed by atoms with Crippen LogP contribution < -0.4 is 10.6 Å². The van der Waals surface area contributed by atoms with E-state index in [0.29, 0.717) is 11.6 Å². The first-order valence-electron chi connectivity index (χ1n) is 7.16. The van der Waals surface area contributed by atoms with E-state index in [2.05, 4.69) is 20.6 Å². The second-order valence-electron chi connectivity index (χ2n) is 4.82. The van der Waals surface area contributed by atoms with Gasteiger partial charge in [-0.3, -0.25) is 0 Å². The molecule has 114 valence electrons. The minimum Gasteiger partial charge on any atom is -0.337 e. The van der Waals surface area contributed by atoms with Crippen molar-refractivity contribution in [1.29, 1.82) is 10.5 Å². The van der Waals surface area contributed by atoms with Crippen molar-refractivity contribution in [3.63, 3.8) is 0 Å². The lowest BCUT2D eigenvalue weighted by Gasteiger charge is -2.13. The Hall–Kier alpha value is -3.90. The summed E-state index contributed by atoms with van der Waals surface area (Å²) in [5.41, 5.74) is 1.57. The third-order valence-electron chi connectivity index (χ3n) is 3.18. The monoisotopic (exact) mass is 312 g/mol. The van der Waals surface area contributed by atoms with E-state index in [4.69, 9.17) is 10.5 Å². The largest absolute Gasteiger partial charge is 0.337 e. The molecule has 24 heavy (non-hydrogen) atoms. The average Bonchev–Trinajstić information content (AvgIpc) is 2.64. The first kappa shape index (κ1) is 15.0. The number of hydrogen-bond donors (Lipinski definition) is 2. The van der Waals surface area contributed by atoms with Crippen molar-refractivity contribution in [1.82, 2.24) is 9.97 Å². The lowest BCUT2D eigenvalue weighted by Crippen LogP contribution is -2.06. The number of aromatic nitrogens is 2. The van der Waals surface area contributed by atoms with Gasteiger partial charge in [0.25, 0.3) is 0 Å². The van der Waals surface area contributed by atoms with Gasteiger partial charge in [-0.15, -0.1) is 0 Å². The smallest absolute Gasteiger partial charge is 0.179 e. The Balaban J connectivity index is 2.04. The standard InChI is InChI=1S/C18H12N6/c19-11-15-16(12-20)24-18(22-14-9-5-2-6-10-14)17(23-15)21-13-7-3-1-4-8-13/h1-10H,(H,21,23)(H,22,24). The van der Waals surface area contributed by atoms with Crippen molar-refractivity contribution >= 4 is 23.0 Å². The lowest BCUT2D eigenvalue weighted by atomic mass is 10.3. The molecular weight excluding hydrogens is 300 g/mol. The summed E-state index contributed by atoms with van der Waals surface area (Å²) < 4.78 is 0. The molecule has 1 heterocycles. The highest BCUT2D eigenvalue weighted by Gasteiger charge is 2.14. The van der Waals surface area contributed by atoms with E-state index in [-0.39, 0.29) is 11.4 Å². The van der Waals surface area contributed by atoms with E-state index in [0.717, 1.165) is 11.4 Å². The highest BCUT2D eigenvalue weighted by Crippen LogP contribution is 2.26. The molecule has 0 amide bonds.